The van der Waals surface area contributed by atoms with Gasteiger partial charge in [0.05, 0.1) is 11.0 Å². The molecule has 3 nitrogen and oxygen atoms in total. The molecule has 0 aromatic rings. The van der Waals surface area contributed by atoms with Crippen LogP contribution in [0.2, 0.25) is 0 Å². The average Bonchev–Trinajstić information content (AvgIpc) is 2.76. The number of hydrogen-bond acceptors (Lipinski definition) is 12. The third-order valence-electron chi connectivity index (χ3n) is 3.15. The molecule has 186 valence electrons. The molecule has 0 spiro atoms. The van der Waals surface area contributed by atoms with Crippen molar-refractivity contribution in [2.45, 2.75) is 19.8 Å². The second-order valence-electron chi connectivity index (χ2n) is 5.63. The number of carbonyl (C=O) groups excluding carboxylic acids is 1. The van der Waals surface area contributed by atoms with E-state index in [2.05, 4.69) is 6.92 Å². The summed E-state index contributed by atoms with van der Waals surface area (Å²) in [5.74, 6) is 8.03. The van der Waals surface area contributed by atoms with Crippen molar-refractivity contribution < 1.29 is 14.1 Å². The minimum Gasteiger partial charge on any atom is -0.386 e. The molecule has 0 amide bonds. The monoisotopic (exact) mass is 620 g/mol. The van der Waals surface area contributed by atoms with Crippen LogP contribution in [0.15, 0.2) is 0 Å². The third kappa shape index (κ3) is 29.1. The summed E-state index contributed by atoms with van der Waals surface area (Å²) in [6.07, 6.45) is 1.69. The van der Waals surface area contributed by atoms with Gasteiger partial charge in [-0.1, -0.05) is 18.7 Å². The SMILES string of the molecule is CCSCSCSCCSC(=O)CCSCSCSCCCS(=O)CSCCSCO. The van der Waals surface area contributed by atoms with Crippen molar-refractivity contribution in [3.63, 3.8) is 0 Å². The Balaban J connectivity index is 3.23. The summed E-state index contributed by atoms with van der Waals surface area (Å²) in [7, 11) is -0.718. The first-order chi connectivity index (χ1) is 15.2. The molecular formula is C18H36O3S10. The van der Waals surface area contributed by atoms with Crippen LogP contribution in [-0.2, 0) is 15.6 Å². The van der Waals surface area contributed by atoms with Crippen molar-refractivity contribution in [1.29, 1.82) is 0 Å². The van der Waals surface area contributed by atoms with Crippen LogP contribution < -0.4 is 0 Å². The molecule has 0 aliphatic carbocycles. The molecule has 1 N–H and O–H groups in total. The molecule has 0 aliphatic rings. The van der Waals surface area contributed by atoms with Gasteiger partial charge < -0.3 is 5.11 Å². The van der Waals surface area contributed by atoms with Gasteiger partial charge in [-0.2, -0.15) is 47.0 Å². The van der Waals surface area contributed by atoms with Crippen LogP contribution in [0.5, 0.6) is 0 Å². The predicted octanol–water partition coefficient (Wildman–Crippen LogP) is 6.40. The van der Waals surface area contributed by atoms with Crippen LogP contribution >= 0.6 is 106 Å². The van der Waals surface area contributed by atoms with Gasteiger partial charge in [0.15, 0.2) is 5.12 Å². The van der Waals surface area contributed by atoms with Gasteiger partial charge >= 0.3 is 0 Å². The summed E-state index contributed by atoms with van der Waals surface area (Å²) < 4.78 is 11.9. The summed E-state index contributed by atoms with van der Waals surface area (Å²) >= 11 is 16.3. The summed E-state index contributed by atoms with van der Waals surface area (Å²) in [5, 5.41) is 14.2. The van der Waals surface area contributed by atoms with Gasteiger partial charge in [0.1, 0.15) is 0 Å². The lowest BCUT2D eigenvalue weighted by Gasteiger charge is -2.04. The van der Waals surface area contributed by atoms with E-state index in [-0.39, 0.29) is 5.94 Å². The fraction of sp³-hybridized carbons (Fsp3) is 0.944. The zero-order valence-corrected chi connectivity index (χ0v) is 26.3. The smallest absolute Gasteiger partial charge is 0.189 e. The maximum Gasteiger partial charge on any atom is 0.189 e. The Bertz CT molecular complexity index is 418. The van der Waals surface area contributed by atoms with Gasteiger partial charge in [-0.25, -0.2) is 0 Å². The lowest BCUT2D eigenvalue weighted by Crippen LogP contribution is -2.02. The Labute approximate surface area is 230 Å². The van der Waals surface area contributed by atoms with Crippen LogP contribution in [0.4, 0.5) is 0 Å². The second-order valence-corrected chi connectivity index (χ2v) is 18.9. The molecule has 0 fully saturated rings. The Morgan fingerprint density at radius 3 is 2.06 bits per heavy atom. The Morgan fingerprint density at radius 2 is 1.35 bits per heavy atom. The van der Waals surface area contributed by atoms with Crippen LogP contribution in [0.3, 0.4) is 0 Å². The van der Waals surface area contributed by atoms with Crippen molar-refractivity contribution in [3.05, 3.63) is 0 Å². The number of aliphatic hydroxyl groups excluding tert-OH is 1. The fourth-order valence-corrected chi connectivity index (χ4v) is 13.0. The zero-order valence-electron chi connectivity index (χ0n) is 18.2. The Hall–Kier alpha value is 2.93. The molecule has 0 saturated heterocycles. The Morgan fingerprint density at radius 1 is 0.742 bits per heavy atom. The second kappa shape index (κ2) is 29.2. The third-order valence-corrected chi connectivity index (χ3v) is 15.5. The summed E-state index contributed by atoms with van der Waals surface area (Å²) in [5.41, 5.74) is 0. The van der Waals surface area contributed by atoms with E-state index in [9.17, 15) is 9.00 Å². The minimum absolute atomic E-state index is 0.173. The Kier molecular flexibility index (Phi) is 31.9. The fourth-order valence-electron chi connectivity index (χ4n) is 1.72. The lowest BCUT2D eigenvalue weighted by atomic mass is 10.5. The molecule has 0 aliphatic heterocycles. The molecule has 13 heteroatoms. The zero-order chi connectivity index (χ0) is 22.8. The number of hydrogen-bond donors (Lipinski definition) is 1. The van der Waals surface area contributed by atoms with Crippen molar-refractivity contribution in [1.82, 2.24) is 0 Å². The highest BCUT2D eigenvalue weighted by atomic mass is 32.2. The molecule has 1 atom stereocenters. The van der Waals surface area contributed by atoms with Crippen molar-refractivity contribution in [3.8, 4) is 0 Å². The van der Waals surface area contributed by atoms with Crippen molar-refractivity contribution >= 4 is 122 Å². The summed E-state index contributed by atoms with van der Waals surface area (Å²) in [6, 6.07) is 0. The van der Waals surface area contributed by atoms with E-state index in [0.29, 0.717) is 11.5 Å². The van der Waals surface area contributed by atoms with E-state index < -0.39 is 10.8 Å². The first kappa shape index (κ1) is 33.9. The highest BCUT2D eigenvalue weighted by molar-refractivity contribution is 8.23. The van der Waals surface area contributed by atoms with Gasteiger partial charge in [0, 0.05) is 72.1 Å². The first-order valence-corrected chi connectivity index (χ1v) is 21.6. The van der Waals surface area contributed by atoms with Gasteiger partial charge in [-0.3, -0.25) is 9.00 Å². The molecule has 1 unspecified atom stereocenters. The standard InChI is InChI=1S/C18H36O3S10/c1-2-22-13-28-16-26-9-10-30-18(20)4-6-25-15-29-14-24-5-3-11-31(21)17-27-8-7-23-12-19/h19H,2-17H2,1H3. The highest BCUT2D eigenvalue weighted by Gasteiger charge is 2.04. The van der Waals surface area contributed by atoms with Crippen LogP contribution in [0, 0.1) is 0 Å². The quantitative estimate of drug-likeness (QED) is 0.0908. The first-order valence-electron chi connectivity index (χ1n) is 9.94. The maximum absolute atomic E-state index is 11.9. The van der Waals surface area contributed by atoms with E-state index in [1.165, 1.54) is 34.4 Å². The highest BCUT2D eigenvalue weighted by Crippen LogP contribution is 2.21. The minimum atomic E-state index is -0.718. The summed E-state index contributed by atoms with van der Waals surface area (Å²) in [4.78, 5) is 11.9. The predicted molar refractivity (Wildman–Crippen MR) is 167 cm³/mol. The van der Waals surface area contributed by atoms with Gasteiger partial charge in [-0.05, 0) is 17.9 Å². The molecular weight excluding hydrogens is 585 g/mol. The molecule has 0 saturated carbocycles. The molecule has 0 radical (unpaired) electrons. The van der Waals surface area contributed by atoms with E-state index in [1.54, 1.807) is 11.8 Å². The van der Waals surface area contributed by atoms with Gasteiger partial charge in [0.2, 0.25) is 0 Å². The molecule has 0 aromatic heterocycles. The number of rotatable bonds is 25. The number of aliphatic hydroxyl groups is 1. The van der Waals surface area contributed by atoms with Crippen molar-refractivity contribution in [2.24, 2.45) is 0 Å². The number of thioether (sulfide) groups is 9. The van der Waals surface area contributed by atoms with Crippen LogP contribution in [0.25, 0.3) is 0 Å². The van der Waals surface area contributed by atoms with Gasteiger partial charge in [-0.15, -0.1) is 47.0 Å². The van der Waals surface area contributed by atoms with E-state index in [4.69, 9.17) is 5.11 Å². The van der Waals surface area contributed by atoms with E-state index in [1.807, 2.05) is 70.6 Å². The topological polar surface area (TPSA) is 54.4 Å². The normalized spacial score (nSPS) is 12.3. The number of carbonyl (C=O) groups is 1. The van der Waals surface area contributed by atoms with Crippen molar-refractivity contribution in [2.75, 3.05) is 77.4 Å². The summed E-state index contributed by atoms with van der Waals surface area (Å²) in [6.45, 7) is 2.19. The molecule has 0 bridgehead atoms. The largest absolute Gasteiger partial charge is 0.386 e. The maximum atomic E-state index is 11.9. The van der Waals surface area contributed by atoms with E-state index >= 15 is 0 Å². The van der Waals surface area contributed by atoms with Crippen LogP contribution in [0.1, 0.15) is 19.8 Å². The molecule has 0 heterocycles. The van der Waals surface area contributed by atoms with Gasteiger partial charge in [0.25, 0.3) is 0 Å². The molecule has 0 rings (SSSR count). The van der Waals surface area contributed by atoms with Crippen LogP contribution in [-0.4, -0.2) is 91.8 Å². The molecule has 0 aromatic carbocycles. The van der Waals surface area contributed by atoms with E-state index in [0.717, 1.165) is 67.0 Å². The average molecular weight is 621 g/mol. The molecule has 31 heavy (non-hydrogen) atoms. The lowest BCUT2D eigenvalue weighted by molar-refractivity contribution is -0.110.